The summed E-state index contributed by atoms with van der Waals surface area (Å²) in [5, 5.41) is 7.61. The first-order valence-electron chi connectivity index (χ1n) is 14.5. The molecule has 0 bridgehead atoms. The number of fused-ring (bicyclic) bond motifs is 3. The van der Waals surface area contributed by atoms with E-state index in [1.807, 2.05) is 0 Å². The Kier molecular flexibility index (Phi) is 5.90. The molecule has 0 amide bonds. The molecule has 8 aromatic carbocycles. The van der Waals surface area contributed by atoms with Crippen molar-refractivity contribution in [2.45, 2.75) is 0 Å². The molecule has 0 radical (unpaired) electrons. The van der Waals surface area contributed by atoms with E-state index in [9.17, 15) is 0 Å². The van der Waals surface area contributed by atoms with Gasteiger partial charge >= 0.3 is 0 Å². The van der Waals surface area contributed by atoms with Crippen LogP contribution in [0.3, 0.4) is 0 Å². The Morgan fingerprint density at radius 2 is 0.619 bits per heavy atom. The lowest BCUT2D eigenvalue weighted by Gasteiger charge is -2.18. The van der Waals surface area contributed by atoms with Crippen LogP contribution in [-0.2, 0) is 0 Å². The van der Waals surface area contributed by atoms with Crippen molar-refractivity contribution in [3.8, 4) is 44.5 Å². The van der Waals surface area contributed by atoms with E-state index < -0.39 is 0 Å². The van der Waals surface area contributed by atoms with Crippen LogP contribution < -0.4 is 0 Å². The topological polar surface area (TPSA) is 0 Å². The van der Waals surface area contributed by atoms with Gasteiger partial charge in [-0.3, -0.25) is 0 Å². The first kappa shape index (κ1) is 24.3. The molecule has 0 aliphatic heterocycles. The molecule has 8 aromatic rings. The maximum Gasteiger partial charge on any atom is -0.00262 e. The van der Waals surface area contributed by atoms with Gasteiger partial charge in [0.25, 0.3) is 0 Å². The van der Waals surface area contributed by atoms with Crippen molar-refractivity contribution in [1.29, 1.82) is 0 Å². The van der Waals surface area contributed by atoms with Gasteiger partial charge in [0.15, 0.2) is 0 Å². The average Bonchev–Trinajstić information content (AvgIpc) is 3.07. The van der Waals surface area contributed by atoms with Crippen LogP contribution in [0.1, 0.15) is 0 Å². The average molecular weight is 533 g/mol. The van der Waals surface area contributed by atoms with Crippen LogP contribution in [0.25, 0.3) is 76.8 Å². The second-order valence-electron chi connectivity index (χ2n) is 10.9. The van der Waals surface area contributed by atoms with E-state index in [2.05, 4.69) is 170 Å². The summed E-state index contributed by atoms with van der Waals surface area (Å²) in [6, 6.07) is 61.7. The Morgan fingerprint density at radius 1 is 0.238 bits per heavy atom. The van der Waals surface area contributed by atoms with Crippen molar-refractivity contribution < 1.29 is 0 Å². The van der Waals surface area contributed by atoms with Crippen LogP contribution in [0.15, 0.2) is 170 Å². The van der Waals surface area contributed by atoms with Crippen LogP contribution in [0.4, 0.5) is 0 Å². The lowest BCUT2D eigenvalue weighted by Crippen LogP contribution is -1.91. The quantitative estimate of drug-likeness (QED) is 0.198. The van der Waals surface area contributed by atoms with Gasteiger partial charge in [-0.1, -0.05) is 158 Å². The molecule has 0 N–H and O–H groups in total. The molecule has 0 saturated heterocycles. The van der Waals surface area contributed by atoms with Crippen LogP contribution in [0.5, 0.6) is 0 Å². The van der Waals surface area contributed by atoms with Gasteiger partial charge in [0.05, 0.1) is 0 Å². The fourth-order valence-corrected chi connectivity index (χ4v) is 6.53. The van der Waals surface area contributed by atoms with Gasteiger partial charge in [-0.05, 0) is 89.0 Å². The standard InChI is InChI=1S/C42H28/c1-3-13-29(14-4-1)35-17-7-8-18-36(35)33-25-23-32-28-34(26-24-31(32)27-33)42-39-21-11-9-19-37(39)41(30-15-5-2-6-16-30)38-20-10-12-22-40(38)42/h1-28H. The Hall–Kier alpha value is -5.46. The third-order valence-electron chi connectivity index (χ3n) is 8.45. The van der Waals surface area contributed by atoms with Gasteiger partial charge in [-0.2, -0.15) is 0 Å². The van der Waals surface area contributed by atoms with Crippen LogP contribution in [0, 0.1) is 0 Å². The summed E-state index contributed by atoms with van der Waals surface area (Å²) in [6.07, 6.45) is 0. The molecule has 0 saturated carbocycles. The van der Waals surface area contributed by atoms with Gasteiger partial charge in [-0.25, -0.2) is 0 Å². The molecule has 0 atom stereocenters. The molecule has 0 aromatic heterocycles. The first-order chi connectivity index (χ1) is 20.8. The fourth-order valence-electron chi connectivity index (χ4n) is 6.53. The predicted molar refractivity (Wildman–Crippen MR) is 181 cm³/mol. The molecule has 0 nitrogen and oxygen atoms in total. The Morgan fingerprint density at radius 3 is 1.17 bits per heavy atom. The van der Waals surface area contributed by atoms with E-state index in [1.165, 1.54) is 76.8 Å². The second kappa shape index (κ2) is 10.2. The van der Waals surface area contributed by atoms with Crippen molar-refractivity contribution in [2.75, 3.05) is 0 Å². The Labute approximate surface area is 246 Å². The molecule has 42 heavy (non-hydrogen) atoms. The van der Waals surface area contributed by atoms with Crippen molar-refractivity contribution >= 4 is 32.3 Å². The fraction of sp³-hybridized carbons (Fsp3) is 0. The van der Waals surface area contributed by atoms with E-state index in [1.54, 1.807) is 0 Å². The van der Waals surface area contributed by atoms with Gasteiger partial charge in [0.1, 0.15) is 0 Å². The molecule has 0 spiro atoms. The van der Waals surface area contributed by atoms with E-state index in [0.29, 0.717) is 0 Å². The second-order valence-corrected chi connectivity index (χ2v) is 10.9. The number of hydrogen-bond acceptors (Lipinski definition) is 0. The summed E-state index contributed by atoms with van der Waals surface area (Å²) in [4.78, 5) is 0. The van der Waals surface area contributed by atoms with E-state index in [4.69, 9.17) is 0 Å². The molecular weight excluding hydrogens is 504 g/mol. The Balaban J connectivity index is 1.31. The summed E-state index contributed by atoms with van der Waals surface area (Å²) < 4.78 is 0. The normalized spacial score (nSPS) is 11.3. The highest BCUT2D eigenvalue weighted by atomic mass is 14.2. The smallest absolute Gasteiger partial charge is 0.00262 e. The molecule has 0 fully saturated rings. The SMILES string of the molecule is c1ccc(-c2ccccc2-c2ccc3cc(-c4c5ccccc5c(-c5ccccc5)c5ccccc45)ccc3c2)cc1. The minimum absolute atomic E-state index is 1.23. The number of rotatable bonds is 4. The number of benzene rings is 8. The van der Waals surface area contributed by atoms with Gasteiger partial charge in [-0.15, -0.1) is 0 Å². The summed E-state index contributed by atoms with van der Waals surface area (Å²) in [6.45, 7) is 0. The van der Waals surface area contributed by atoms with Crippen LogP contribution in [0.2, 0.25) is 0 Å². The van der Waals surface area contributed by atoms with Crippen molar-refractivity contribution in [1.82, 2.24) is 0 Å². The zero-order valence-corrected chi connectivity index (χ0v) is 23.2. The van der Waals surface area contributed by atoms with E-state index in [-0.39, 0.29) is 0 Å². The highest BCUT2D eigenvalue weighted by Crippen LogP contribution is 2.44. The zero-order valence-electron chi connectivity index (χ0n) is 23.2. The predicted octanol–water partition coefficient (Wildman–Crippen LogP) is 11.8. The van der Waals surface area contributed by atoms with Crippen LogP contribution in [-0.4, -0.2) is 0 Å². The largest absolute Gasteiger partial charge is 0.0622 e. The van der Waals surface area contributed by atoms with Crippen molar-refractivity contribution in [2.24, 2.45) is 0 Å². The molecule has 8 rings (SSSR count). The third kappa shape index (κ3) is 4.08. The van der Waals surface area contributed by atoms with Gasteiger partial charge in [0, 0.05) is 0 Å². The summed E-state index contributed by atoms with van der Waals surface area (Å²) in [5.41, 5.74) is 10.1. The highest BCUT2D eigenvalue weighted by molar-refractivity contribution is 6.21. The molecular formula is C42H28. The summed E-state index contributed by atoms with van der Waals surface area (Å²) in [7, 11) is 0. The van der Waals surface area contributed by atoms with Gasteiger partial charge in [0.2, 0.25) is 0 Å². The minimum Gasteiger partial charge on any atom is -0.0622 e. The lowest BCUT2D eigenvalue weighted by molar-refractivity contribution is 1.59. The van der Waals surface area contributed by atoms with E-state index >= 15 is 0 Å². The molecule has 0 heteroatoms. The summed E-state index contributed by atoms with van der Waals surface area (Å²) in [5.74, 6) is 0. The minimum atomic E-state index is 1.23. The highest BCUT2D eigenvalue weighted by Gasteiger charge is 2.16. The number of hydrogen-bond donors (Lipinski definition) is 0. The molecule has 0 aliphatic carbocycles. The molecule has 196 valence electrons. The van der Waals surface area contributed by atoms with Crippen molar-refractivity contribution in [3.63, 3.8) is 0 Å². The molecule has 0 aliphatic rings. The Bertz CT molecular complexity index is 2170. The van der Waals surface area contributed by atoms with Crippen LogP contribution >= 0.6 is 0 Å². The maximum atomic E-state index is 2.36. The molecule has 0 unspecified atom stereocenters. The zero-order chi connectivity index (χ0) is 27.9. The summed E-state index contributed by atoms with van der Waals surface area (Å²) >= 11 is 0. The molecule has 0 heterocycles. The van der Waals surface area contributed by atoms with Gasteiger partial charge < -0.3 is 0 Å². The maximum absolute atomic E-state index is 2.36. The van der Waals surface area contributed by atoms with E-state index in [0.717, 1.165) is 0 Å². The third-order valence-corrected chi connectivity index (χ3v) is 8.45. The lowest BCUT2D eigenvalue weighted by atomic mass is 9.85. The first-order valence-corrected chi connectivity index (χ1v) is 14.5. The monoisotopic (exact) mass is 532 g/mol. The van der Waals surface area contributed by atoms with Crippen molar-refractivity contribution in [3.05, 3.63) is 170 Å².